The minimum absolute atomic E-state index is 0.193. The number of hydrogen-bond donors (Lipinski definition) is 1. The molecule has 0 unspecified atom stereocenters. The Bertz CT molecular complexity index is 748. The van der Waals surface area contributed by atoms with Gasteiger partial charge in [0.2, 0.25) is 5.95 Å². The van der Waals surface area contributed by atoms with Crippen LogP contribution >= 0.6 is 11.6 Å². The summed E-state index contributed by atoms with van der Waals surface area (Å²) in [5, 5.41) is 3.61. The molecule has 1 aromatic carbocycles. The summed E-state index contributed by atoms with van der Waals surface area (Å²) in [6.45, 7) is 5.17. The molecule has 25 heavy (non-hydrogen) atoms. The predicted octanol–water partition coefficient (Wildman–Crippen LogP) is 2.25. The van der Waals surface area contributed by atoms with Crippen LogP contribution in [0, 0.1) is 6.92 Å². The third-order valence-corrected chi connectivity index (χ3v) is 4.19. The lowest BCUT2D eigenvalue weighted by molar-refractivity contribution is 0.0948. The highest BCUT2D eigenvalue weighted by Crippen LogP contribution is 2.13. The van der Waals surface area contributed by atoms with Crippen molar-refractivity contribution in [3.05, 3.63) is 52.3 Å². The summed E-state index contributed by atoms with van der Waals surface area (Å²) in [5.41, 5.74) is 2.25. The number of hydrogen-bond acceptors (Lipinski definition) is 5. The number of anilines is 1. The van der Waals surface area contributed by atoms with E-state index in [2.05, 4.69) is 15.3 Å². The third kappa shape index (κ3) is 4.90. The van der Waals surface area contributed by atoms with Crippen LogP contribution in [0.3, 0.4) is 0 Å². The van der Waals surface area contributed by atoms with Crippen molar-refractivity contribution in [2.45, 2.75) is 13.3 Å². The van der Waals surface area contributed by atoms with Gasteiger partial charge in [0.1, 0.15) is 5.69 Å². The Kier molecular flexibility index (Phi) is 5.83. The lowest BCUT2D eigenvalue weighted by atomic mass is 10.1. The van der Waals surface area contributed by atoms with Crippen molar-refractivity contribution < 1.29 is 9.53 Å². The van der Waals surface area contributed by atoms with E-state index in [1.54, 1.807) is 6.07 Å². The number of benzene rings is 1. The minimum atomic E-state index is -0.193. The van der Waals surface area contributed by atoms with Crippen molar-refractivity contribution in [3.8, 4) is 0 Å². The second-order valence-corrected chi connectivity index (χ2v) is 6.37. The van der Waals surface area contributed by atoms with Gasteiger partial charge in [0, 0.05) is 30.4 Å². The van der Waals surface area contributed by atoms with Crippen LogP contribution in [0.25, 0.3) is 0 Å². The molecule has 1 N–H and O–H groups in total. The molecule has 0 spiro atoms. The predicted molar refractivity (Wildman–Crippen MR) is 97.3 cm³/mol. The molecule has 1 amide bonds. The standard InChI is InChI=1S/C18H21ClN4O2/c1-13-11-16(22-18(21-13)23-7-9-25-10-8-23)17(24)20-6-5-14-3-2-4-15(19)12-14/h2-4,11-12H,5-10H2,1H3,(H,20,24). The Morgan fingerprint density at radius 3 is 2.84 bits per heavy atom. The fourth-order valence-electron chi connectivity index (χ4n) is 2.68. The van der Waals surface area contributed by atoms with E-state index in [-0.39, 0.29) is 5.91 Å². The fraction of sp³-hybridized carbons (Fsp3) is 0.389. The van der Waals surface area contributed by atoms with Crippen LogP contribution in [0.4, 0.5) is 5.95 Å². The van der Waals surface area contributed by atoms with Gasteiger partial charge in [0.25, 0.3) is 5.91 Å². The summed E-state index contributed by atoms with van der Waals surface area (Å²) in [4.78, 5) is 23.3. The summed E-state index contributed by atoms with van der Waals surface area (Å²) in [6.07, 6.45) is 0.715. The van der Waals surface area contributed by atoms with Crippen LogP contribution in [0.15, 0.2) is 30.3 Å². The highest BCUT2D eigenvalue weighted by molar-refractivity contribution is 6.30. The fourth-order valence-corrected chi connectivity index (χ4v) is 2.89. The van der Waals surface area contributed by atoms with Crippen molar-refractivity contribution in [3.63, 3.8) is 0 Å². The van der Waals surface area contributed by atoms with E-state index >= 15 is 0 Å². The number of aromatic nitrogens is 2. The lowest BCUT2D eigenvalue weighted by Crippen LogP contribution is -2.38. The van der Waals surface area contributed by atoms with Gasteiger partial charge < -0.3 is 15.0 Å². The van der Waals surface area contributed by atoms with Gasteiger partial charge in [-0.25, -0.2) is 9.97 Å². The lowest BCUT2D eigenvalue weighted by Gasteiger charge is -2.27. The van der Waals surface area contributed by atoms with Gasteiger partial charge in [-0.1, -0.05) is 23.7 Å². The first-order chi connectivity index (χ1) is 12.1. The molecule has 3 rings (SSSR count). The number of rotatable bonds is 5. The molecule has 1 aliphatic rings. The Balaban J connectivity index is 1.62. The number of amides is 1. The Labute approximate surface area is 152 Å². The first-order valence-corrected chi connectivity index (χ1v) is 8.70. The number of ether oxygens (including phenoxy) is 1. The topological polar surface area (TPSA) is 67.4 Å². The Morgan fingerprint density at radius 1 is 1.28 bits per heavy atom. The molecule has 0 saturated carbocycles. The average Bonchev–Trinajstić information content (AvgIpc) is 2.62. The number of halogens is 1. The maximum absolute atomic E-state index is 12.4. The van der Waals surface area contributed by atoms with Gasteiger partial charge in [-0.3, -0.25) is 4.79 Å². The monoisotopic (exact) mass is 360 g/mol. The summed E-state index contributed by atoms with van der Waals surface area (Å²) in [7, 11) is 0. The number of nitrogens with one attached hydrogen (secondary N) is 1. The van der Waals surface area contributed by atoms with Gasteiger partial charge in [0.15, 0.2) is 0 Å². The normalized spacial score (nSPS) is 14.4. The molecule has 7 heteroatoms. The molecule has 2 aromatic rings. The van der Waals surface area contributed by atoms with Crippen molar-refractivity contribution in [2.75, 3.05) is 37.7 Å². The zero-order valence-electron chi connectivity index (χ0n) is 14.2. The van der Waals surface area contributed by atoms with Crippen LogP contribution in [0.2, 0.25) is 5.02 Å². The van der Waals surface area contributed by atoms with Crippen molar-refractivity contribution in [2.24, 2.45) is 0 Å². The highest BCUT2D eigenvalue weighted by atomic mass is 35.5. The van der Waals surface area contributed by atoms with Gasteiger partial charge in [-0.05, 0) is 37.1 Å². The van der Waals surface area contributed by atoms with Crippen molar-refractivity contribution in [1.29, 1.82) is 0 Å². The minimum Gasteiger partial charge on any atom is -0.378 e. The zero-order valence-corrected chi connectivity index (χ0v) is 14.9. The van der Waals surface area contributed by atoms with E-state index in [9.17, 15) is 4.79 Å². The maximum atomic E-state index is 12.4. The summed E-state index contributed by atoms with van der Waals surface area (Å²) >= 11 is 5.97. The van der Waals surface area contributed by atoms with Crippen molar-refractivity contribution in [1.82, 2.24) is 15.3 Å². The molecule has 0 atom stereocenters. The molecule has 6 nitrogen and oxygen atoms in total. The van der Waals surface area contributed by atoms with E-state index in [0.29, 0.717) is 42.8 Å². The number of aryl methyl sites for hydroxylation is 1. The van der Waals surface area contributed by atoms with Crippen LogP contribution in [0.1, 0.15) is 21.7 Å². The molecule has 0 aliphatic carbocycles. The molecule has 1 aromatic heterocycles. The Morgan fingerprint density at radius 2 is 2.08 bits per heavy atom. The van der Waals surface area contributed by atoms with Gasteiger partial charge in [-0.15, -0.1) is 0 Å². The van der Waals surface area contributed by atoms with Gasteiger partial charge in [-0.2, -0.15) is 0 Å². The van der Waals surface area contributed by atoms with E-state index in [0.717, 1.165) is 24.3 Å². The third-order valence-electron chi connectivity index (χ3n) is 3.96. The average molecular weight is 361 g/mol. The van der Waals surface area contributed by atoms with Crippen LogP contribution in [-0.4, -0.2) is 48.7 Å². The van der Waals surface area contributed by atoms with E-state index in [1.807, 2.05) is 36.1 Å². The first kappa shape index (κ1) is 17.6. The number of carbonyl (C=O) groups is 1. The van der Waals surface area contributed by atoms with Crippen LogP contribution in [-0.2, 0) is 11.2 Å². The maximum Gasteiger partial charge on any atom is 0.270 e. The first-order valence-electron chi connectivity index (χ1n) is 8.33. The molecule has 132 valence electrons. The second kappa shape index (κ2) is 8.27. The molecule has 1 fully saturated rings. The summed E-state index contributed by atoms with van der Waals surface area (Å²) in [5.74, 6) is 0.394. The smallest absolute Gasteiger partial charge is 0.270 e. The molecule has 1 aliphatic heterocycles. The summed E-state index contributed by atoms with van der Waals surface area (Å²) in [6, 6.07) is 9.34. The summed E-state index contributed by atoms with van der Waals surface area (Å²) < 4.78 is 5.35. The van der Waals surface area contributed by atoms with E-state index < -0.39 is 0 Å². The van der Waals surface area contributed by atoms with Crippen LogP contribution in [0.5, 0.6) is 0 Å². The molecular weight excluding hydrogens is 340 g/mol. The molecule has 0 radical (unpaired) electrons. The molecular formula is C18H21ClN4O2. The largest absolute Gasteiger partial charge is 0.378 e. The quantitative estimate of drug-likeness (QED) is 0.885. The number of nitrogens with zero attached hydrogens (tertiary/aromatic N) is 3. The zero-order chi connectivity index (χ0) is 17.6. The Hall–Kier alpha value is -2.18. The highest BCUT2D eigenvalue weighted by Gasteiger charge is 2.17. The van der Waals surface area contributed by atoms with Gasteiger partial charge in [0.05, 0.1) is 13.2 Å². The second-order valence-electron chi connectivity index (χ2n) is 5.93. The SMILES string of the molecule is Cc1cc(C(=O)NCCc2cccc(Cl)c2)nc(N2CCOCC2)n1. The van der Waals surface area contributed by atoms with Gasteiger partial charge >= 0.3 is 0 Å². The van der Waals surface area contributed by atoms with Crippen molar-refractivity contribution >= 4 is 23.5 Å². The number of carbonyl (C=O) groups excluding carboxylic acids is 1. The van der Waals surface area contributed by atoms with E-state index in [1.165, 1.54) is 0 Å². The molecule has 1 saturated heterocycles. The van der Waals surface area contributed by atoms with Crippen LogP contribution < -0.4 is 10.2 Å². The number of morpholine rings is 1. The molecule has 0 bridgehead atoms. The van der Waals surface area contributed by atoms with E-state index in [4.69, 9.17) is 16.3 Å². The molecule has 2 heterocycles.